The first kappa shape index (κ1) is 18.8. The van der Waals surface area contributed by atoms with Gasteiger partial charge in [-0.2, -0.15) is 0 Å². The van der Waals surface area contributed by atoms with Crippen molar-refractivity contribution in [3.63, 3.8) is 0 Å². The number of likely N-dealkylation sites (tertiary alicyclic amines) is 1. The van der Waals surface area contributed by atoms with E-state index in [9.17, 15) is 14.4 Å². The summed E-state index contributed by atoms with van der Waals surface area (Å²) in [4.78, 5) is 39.4. The van der Waals surface area contributed by atoms with Gasteiger partial charge in [0.15, 0.2) is 0 Å². The fraction of sp³-hybridized carbons (Fsp3) is 0.857. The molecule has 0 radical (unpaired) electrons. The minimum atomic E-state index is -0.535. The second-order valence-corrected chi connectivity index (χ2v) is 9.56. The van der Waals surface area contributed by atoms with Crippen molar-refractivity contribution in [2.24, 2.45) is 23.2 Å². The Hall–Kier alpha value is -1.59. The lowest BCUT2D eigenvalue weighted by molar-refractivity contribution is -0.147. The maximum absolute atomic E-state index is 12.9. The molecule has 0 aromatic rings. The molecular formula is C21H33N3O3. The van der Waals surface area contributed by atoms with Gasteiger partial charge >= 0.3 is 0 Å². The molecule has 4 saturated carbocycles. The lowest BCUT2D eigenvalue weighted by Crippen LogP contribution is -2.55. The largest absolute Gasteiger partial charge is 0.347 e. The summed E-state index contributed by atoms with van der Waals surface area (Å²) < 4.78 is 0. The van der Waals surface area contributed by atoms with Crippen LogP contribution in [0, 0.1) is 23.2 Å². The number of piperidine rings is 1. The average molecular weight is 376 g/mol. The highest BCUT2D eigenvalue weighted by Gasteiger charge is 2.54. The van der Waals surface area contributed by atoms with Gasteiger partial charge in [-0.15, -0.1) is 0 Å². The average Bonchev–Trinajstić information content (AvgIpc) is 2.65. The van der Waals surface area contributed by atoms with Gasteiger partial charge in [-0.1, -0.05) is 0 Å². The van der Waals surface area contributed by atoms with Crippen molar-refractivity contribution in [1.29, 1.82) is 0 Å². The number of rotatable bonds is 5. The molecule has 150 valence electrons. The Balaban J connectivity index is 1.25. The maximum Gasteiger partial charge on any atom is 0.244 e. The third-order valence-electron chi connectivity index (χ3n) is 7.35. The normalized spacial score (nSPS) is 35.6. The minimum absolute atomic E-state index is 0.0181. The molecule has 6 nitrogen and oxygen atoms in total. The van der Waals surface area contributed by atoms with Crippen molar-refractivity contribution < 1.29 is 14.4 Å². The monoisotopic (exact) mass is 375 g/mol. The number of carbonyl (C=O) groups is 3. The van der Waals surface area contributed by atoms with Crippen molar-refractivity contribution in [2.75, 3.05) is 19.6 Å². The summed E-state index contributed by atoms with van der Waals surface area (Å²) in [6, 6.07) is -0.535. The van der Waals surface area contributed by atoms with Crippen LogP contribution in [0.25, 0.3) is 0 Å². The van der Waals surface area contributed by atoms with Crippen molar-refractivity contribution in [3.05, 3.63) is 0 Å². The van der Waals surface area contributed by atoms with E-state index < -0.39 is 6.04 Å². The molecule has 1 aliphatic heterocycles. The van der Waals surface area contributed by atoms with Crippen molar-refractivity contribution >= 4 is 17.7 Å². The summed E-state index contributed by atoms with van der Waals surface area (Å²) in [6.45, 7) is 3.26. The van der Waals surface area contributed by atoms with Gasteiger partial charge < -0.3 is 15.5 Å². The summed E-state index contributed by atoms with van der Waals surface area (Å²) in [5.41, 5.74) is -0.232. The summed E-state index contributed by atoms with van der Waals surface area (Å²) in [5.74, 6) is 1.89. The molecule has 1 saturated heterocycles. The zero-order valence-electron chi connectivity index (χ0n) is 16.5. The summed E-state index contributed by atoms with van der Waals surface area (Å²) in [6.07, 6.45) is 10.1. The third kappa shape index (κ3) is 3.85. The highest BCUT2D eigenvalue weighted by Crippen LogP contribution is 2.60. The quantitative estimate of drug-likeness (QED) is 0.770. The number of carbonyl (C=O) groups excluding carboxylic acids is 3. The van der Waals surface area contributed by atoms with Gasteiger partial charge in [0, 0.05) is 18.5 Å². The van der Waals surface area contributed by atoms with E-state index in [1.54, 1.807) is 6.92 Å². The van der Waals surface area contributed by atoms with E-state index in [1.165, 1.54) is 25.7 Å². The molecule has 1 atom stereocenters. The first-order valence-corrected chi connectivity index (χ1v) is 10.8. The SMILES string of the molecule is C[C@@H](NC(=O)CNC(=O)C12CC3CC(CC(C3)C1)C2)C(=O)N1CCCCC1. The molecule has 0 spiro atoms. The molecule has 1 heterocycles. The highest BCUT2D eigenvalue weighted by atomic mass is 16.2. The number of nitrogens with zero attached hydrogens (tertiary/aromatic N) is 1. The number of hydrogen-bond donors (Lipinski definition) is 2. The molecule has 5 aliphatic rings. The second-order valence-electron chi connectivity index (χ2n) is 9.56. The van der Waals surface area contributed by atoms with Crippen LogP contribution < -0.4 is 10.6 Å². The van der Waals surface area contributed by atoms with Gasteiger partial charge in [0.1, 0.15) is 6.04 Å². The lowest BCUT2D eigenvalue weighted by atomic mass is 9.49. The van der Waals surface area contributed by atoms with E-state index in [0.29, 0.717) is 17.8 Å². The predicted molar refractivity (Wildman–Crippen MR) is 102 cm³/mol. The number of amides is 3. The molecule has 5 fully saturated rings. The molecule has 0 unspecified atom stereocenters. The topological polar surface area (TPSA) is 78.5 Å². The molecular weight excluding hydrogens is 342 g/mol. The van der Waals surface area contributed by atoms with Crippen molar-refractivity contribution in [1.82, 2.24) is 15.5 Å². The maximum atomic E-state index is 12.9. The lowest BCUT2D eigenvalue weighted by Gasteiger charge is -2.55. The first-order chi connectivity index (χ1) is 12.9. The molecule has 0 aromatic heterocycles. The highest BCUT2D eigenvalue weighted by molar-refractivity contribution is 5.91. The molecule has 6 heteroatoms. The second kappa shape index (κ2) is 7.44. The van der Waals surface area contributed by atoms with Gasteiger partial charge in [0.2, 0.25) is 17.7 Å². The fourth-order valence-electron chi connectivity index (χ4n) is 6.48. The molecule has 3 amide bonds. The van der Waals surface area contributed by atoms with E-state index in [4.69, 9.17) is 0 Å². The van der Waals surface area contributed by atoms with E-state index in [2.05, 4.69) is 10.6 Å². The number of nitrogens with one attached hydrogen (secondary N) is 2. The molecule has 27 heavy (non-hydrogen) atoms. The first-order valence-electron chi connectivity index (χ1n) is 10.8. The van der Waals surface area contributed by atoms with Crippen LogP contribution in [-0.4, -0.2) is 48.3 Å². The van der Waals surface area contributed by atoms with Crippen molar-refractivity contribution in [2.45, 2.75) is 70.8 Å². The van der Waals surface area contributed by atoms with Crippen LogP contribution in [0.4, 0.5) is 0 Å². The standard InChI is InChI=1S/C21H33N3O3/c1-14(19(26)24-5-3-2-4-6-24)23-18(25)13-22-20(27)21-10-15-7-16(11-21)9-17(8-15)12-21/h14-17H,2-13H2,1H3,(H,22,27)(H,23,25)/t14-,15?,16?,17?,21?/m1/s1. The van der Waals surface area contributed by atoms with Crippen molar-refractivity contribution in [3.8, 4) is 0 Å². The number of hydrogen-bond acceptors (Lipinski definition) is 3. The van der Waals surface area contributed by atoms with Gasteiger partial charge in [-0.05, 0) is 82.5 Å². The van der Waals surface area contributed by atoms with E-state index in [0.717, 1.165) is 45.2 Å². The zero-order valence-corrected chi connectivity index (χ0v) is 16.5. The van der Waals surface area contributed by atoms with Gasteiger partial charge in [-0.3, -0.25) is 14.4 Å². The summed E-state index contributed by atoms with van der Waals surface area (Å²) >= 11 is 0. The van der Waals surface area contributed by atoms with Crippen LogP contribution in [0.3, 0.4) is 0 Å². The fourth-order valence-corrected chi connectivity index (χ4v) is 6.48. The van der Waals surface area contributed by atoms with E-state index >= 15 is 0 Å². The van der Waals surface area contributed by atoms with Crippen LogP contribution in [0.2, 0.25) is 0 Å². The molecule has 5 rings (SSSR count). The Morgan fingerprint density at radius 1 is 0.963 bits per heavy atom. The molecule has 4 aliphatic carbocycles. The summed E-state index contributed by atoms with van der Waals surface area (Å²) in [7, 11) is 0. The Morgan fingerprint density at radius 2 is 1.52 bits per heavy atom. The van der Waals surface area contributed by atoms with E-state index in [-0.39, 0.29) is 29.7 Å². The van der Waals surface area contributed by atoms with Crippen LogP contribution in [0.15, 0.2) is 0 Å². The van der Waals surface area contributed by atoms with Gasteiger partial charge in [-0.25, -0.2) is 0 Å². The van der Waals surface area contributed by atoms with Gasteiger partial charge in [0.25, 0.3) is 0 Å². The molecule has 2 N–H and O–H groups in total. The van der Waals surface area contributed by atoms with E-state index in [1.807, 2.05) is 4.90 Å². The molecule has 4 bridgehead atoms. The predicted octanol–water partition coefficient (Wildman–Crippen LogP) is 1.84. The third-order valence-corrected chi connectivity index (χ3v) is 7.35. The summed E-state index contributed by atoms with van der Waals surface area (Å²) in [5, 5.41) is 5.65. The van der Waals surface area contributed by atoms with Crippen LogP contribution in [-0.2, 0) is 14.4 Å². The van der Waals surface area contributed by atoms with Crippen LogP contribution in [0.1, 0.15) is 64.7 Å². The van der Waals surface area contributed by atoms with Crippen LogP contribution in [0.5, 0.6) is 0 Å². The zero-order chi connectivity index (χ0) is 19.0. The Morgan fingerprint density at radius 3 is 2.07 bits per heavy atom. The van der Waals surface area contributed by atoms with Crippen LogP contribution >= 0.6 is 0 Å². The Bertz CT molecular complexity index is 577. The van der Waals surface area contributed by atoms with Gasteiger partial charge in [0.05, 0.1) is 6.54 Å². The Labute approximate surface area is 161 Å². The Kier molecular flexibility index (Phi) is 5.17. The molecule has 0 aromatic carbocycles. The smallest absolute Gasteiger partial charge is 0.244 e. The minimum Gasteiger partial charge on any atom is -0.347 e.